The summed E-state index contributed by atoms with van der Waals surface area (Å²) in [6, 6.07) is 13.0. The lowest BCUT2D eigenvalue weighted by atomic mass is 10.0. The molecule has 3 aromatic rings. The first kappa shape index (κ1) is 23.7. The first-order valence-electron chi connectivity index (χ1n) is 13.3. The van der Waals surface area contributed by atoms with Crippen molar-refractivity contribution in [3.05, 3.63) is 77.6 Å². The fourth-order valence-electron chi connectivity index (χ4n) is 5.47. The molecule has 1 aliphatic carbocycles. The van der Waals surface area contributed by atoms with E-state index in [1.165, 1.54) is 22.4 Å². The molecule has 0 saturated carbocycles. The van der Waals surface area contributed by atoms with Crippen LogP contribution in [0.3, 0.4) is 0 Å². The van der Waals surface area contributed by atoms with E-state index in [9.17, 15) is 4.79 Å². The lowest BCUT2D eigenvalue weighted by molar-refractivity contribution is -0.135. The Labute approximate surface area is 218 Å². The van der Waals surface area contributed by atoms with Gasteiger partial charge in [0, 0.05) is 57.7 Å². The molecule has 4 heterocycles. The molecule has 0 N–H and O–H groups in total. The number of allylic oxidation sites excluding steroid dienone is 4. The third-order valence-electron chi connectivity index (χ3n) is 7.65. The Morgan fingerprint density at radius 1 is 1.00 bits per heavy atom. The minimum Gasteiger partial charge on any atom is -0.340 e. The van der Waals surface area contributed by atoms with Crippen LogP contribution in [0.5, 0.6) is 0 Å². The van der Waals surface area contributed by atoms with E-state index in [0.29, 0.717) is 6.54 Å². The van der Waals surface area contributed by atoms with Gasteiger partial charge in [0.2, 0.25) is 5.91 Å². The zero-order chi connectivity index (χ0) is 25.4. The summed E-state index contributed by atoms with van der Waals surface area (Å²) in [6.45, 7) is 6.76. The molecule has 2 aliphatic heterocycles. The Bertz CT molecular complexity index is 1390. The molecule has 1 fully saturated rings. The van der Waals surface area contributed by atoms with Crippen LogP contribution < -0.4 is 0 Å². The van der Waals surface area contributed by atoms with E-state index in [1.54, 1.807) is 6.21 Å². The van der Waals surface area contributed by atoms with Gasteiger partial charge in [0.05, 0.1) is 23.9 Å². The fourth-order valence-corrected chi connectivity index (χ4v) is 5.47. The molecule has 190 valence electrons. The summed E-state index contributed by atoms with van der Waals surface area (Å²) in [7, 11) is 1.91. The summed E-state index contributed by atoms with van der Waals surface area (Å²) < 4.78 is 2.27. The molecule has 1 saturated heterocycles. The number of carbonyl (C=O) groups excluding carboxylic acids is 1. The number of aryl methyl sites for hydroxylation is 1. The SMILES string of the molecule is Cc1ccc(-c2nc3ccc(C4=CCCC=C4)cn3c2CN2CCN(C(=O)C3C=NN(C)C3)CC2)cc1. The number of pyridine rings is 1. The number of rotatable bonds is 5. The standard InChI is InChI=1S/C30H34N6O/c1-22-8-10-24(11-9-22)29-27(36-20-25(12-13-28(36)32-29)23-6-4-3-5-7-23)21-34-14-16-35(17-15-34)30(37)26-18-31-33(2)19-26/h4,6-13,18,20,26H,3,5,14-17,19,21H2,1-2H3. The van der Waals surface area contributed by atoms with Gasteiger partial charge in [-0.25, -0.2) is 4.98 Å². The van der Waals surface area contributed by atoms with Crippen molar-refractivity contribution in [3.8, 4) is 11.3 Å². The van der Waals surface area contributed by atoms with E-state index in [-0.39, 0.29) is 11.8 Å². The second-order valence-corrected chi connectivity index (χ2v) is 10.4. The van der Waals surface area contributed by atoms with E-state index in [2.05, 4.69) is 82.1 Å². The number of fused-ring (bicyclic) bond motifs is 1. The lowest BCUT2D eigenvalue weighted by Crippen LogP contribution is -2.50. The molecule has 1 amide bonds. The molecule has 0 spiro atoms. The minimum atomic E-state index is -0.120. The van der Waals surface area contributed by atoms with Gasteiger partial charge >= 0.3 is 0 Å². The molecule has 2 aromatic heterocycles. The largest absolute Gasteiger partial charge is 0.340 e. The highest BCUT2D eigenvalue weighted by Crippen LogP contribution is 2.29. The lowest BCUT2D eigenvalue weighted by Gasteiger charge is -2.35. The average molecular weight is 495 g/mol. The number of amides is 1. The molecule has 1 unspecified atom stereocenters. The summed E-state index contributed by atoms with van der Waals surface area (Å²) >= 11 is 0. The molecule has 6 rings (SSSR count). The summed E-state index contributed by atoms with van der Waals surface area (Å²) in [5, 5.41) is 6.08. The molecule has 1 aromatic carbocycles. The van der Waals surface area contributed by atoms with Crippen LogP contribution in [0.1, 0.15) is 29.7 Å². The molecule has 1 atom stereocenters. The van der Waals surface area contributed by atoms with Crippen LogP contribution in [-0.4, -0.2) is 76.1 Å². The van der Waals surface area contributed by atoms with Crippen molar-refractivity contribution in [1.82, 2.24) is 24.2 Å². The zero-order valence-electron chi connectivity index (χ0n) is 21.7. The van der Waals surface area contributed by atoms with Crippen LogP contribution in [0.2, 0.25) is 0 Å². The van der Waals surface area contributed by atoms with Crippen LogP contribution in [-0.2, 0) is 11.3 Å². The van der Waals surface area contributed by atoms with Crippen molar-refractivity contribution in [3.63, 3.8) is 0 Å². The number of hydrogen-bond acceptors (Lipinski definition) is 5. The third kappa shape index (κ3) is 4.83. The molecular formula is C30H34N6O. The summed E-state index contributed by atoms with van der Waals surface area (Å²) in [5.74, 6) is 0.0753. The predicted octanol–water partition coefficient (Wildman–Crippen LogP) is 4.23. The zero-order valence-corrected chi connectivity index (χ0v) is 21.7. The van der Waals surface area contributed by atoms with Gasteiger partial charge in [0.25, 0.3) is 0 Å². The molecule has 3 aliphatic rings. The van der Waals surface area contributed by atoms with Gasteiger partial charge in [-0.3, -0.25) is 14.7 Å². The Kier molecular flexibility index (Phi) is 6.38. The van der Waals surface area contributed by atoms with Gasteiger partial charge in [-0.15, -0.1) is 0 Å². The van der Waals surface area contributed by atoms with Gasteiger partial charge in [-0.05, 0) is 43.0 Å². The Morgan fingerprint density at radius 2 is 1.78 bits per heavy atom. The van der Waals surface area contributed by atoms with Gasteiger partial charge in [0.1, 0.15) is 5.65 Å². The van der Waals surface area contributed by atoms with Crippen LogP contribution in [0.15, 0.2) is 65.9 Å². The summed E-state index contributed by atoms with van der Waals surface area (Å²) in [4.78, 5) is 22.5. The van der Waals surface area contributed by atoms with Gasteiger partial charge in [-0.2, -0.15) is 5.10 Å². The van der Waals surface area contributed by atoms with Crippen LogP contribution in [0.25, 0.3) is 22.5 Å². The highest BCUT2D eigenvalue weighted by atomic mass is 16.2. The number of piperazine rings is 1. The molecule has 7 heteroatoms. The Hall–Kier alpha value is -3.71. The number of aromatic nitrogens is 2. The van der Waals surface area contributed by atoms with Crippen LogP contribution in [0, 0.1) is 12.8 Å². The van der Waals surface area contributed by atoms with Crippen molar-refractivity contribution < 1.29 is 4.79 Å². The third-order valence-corrected chi connectivity index (χ3v) is 7.65. The Balaban J connectivity index is 1.27. The van der Waals surface area contributed by atoms with Crippen molar-refractivity contribution in [2.45, 2.75) is 26.3 Å². The monoisotopic (exact) mass is 494 g/mol. The second-order valence-electron chi connectivity index (χ2n) is 10.4. The van der Waals surface area contributed by atoms with Gasteiger partial charge in [-0.1, -0.05) is 48.1 Å². The highest BCUT2D eigenvalue weighted by molar-refractivity contribution is 5.94. The van der Waals surface area contributed by atoms with E-state index < -0.39 is 0 Å². The summed E-state index contributed by atoms with van der Waals surface area (Å²) in [6.07, 6.45) is 13.0. The van der Waals surface area contributed by atoms with Crippen molar-refractivity contribution in [1.29, 1.82) is 0 Å². The highest BCUT2D eigenvalue weighted by Gasteiger charge is 2.30. The number of benzene rings is 1. The van der Waals surface area contributed by atoms with Crippen LogP contribution in [0.4, 0.5) is 0 Å². The molecule has 37 heavy (non-hydrogen) atoms. The predicted molar refractivity (Wildman–Crippen MR) is 148 cm³/mol. The van der Waals surface area contributed by atoms with Gasteiger partial charge < -0.3 is 9.30 Å². The minimum absolute atomic E-state index is 0.120. The molecule has 0 bridgehead atoms. The average Bonchev–Trinajstić information content (AvgIpc) is 3.53. The molecule has 0 radical (unpaired) electrons. The Morgan fingerprint density at radius 3 is 2.49 bits per heavy atom. The number of nitrogens with zero attached hydrogens (tertiary/aromatic N) is 6. The number of hydrogen-bond donors (Lipinski definition) is 0. The second kappa shape index (κ2) is 9.98. The van der Waals surface area contributed by atoms with E-state index >= 15 is 0 Å². The number of imidazole rings is 1. The topological polar surface area (TPSA) is 56.5 Å². The fraction of sp³-hybridized carbons (Fsp3) is 0.367. The quantitative estimate of drug-likeness (QED) is 0.533. The first-order chi connectivity index (χ1) is 18.0. The van der Waals surface area contributed by atoms with E-state index in [0.717, 1.165) is 62.5 Å². The smallest absolute Gasteiger partial charge is 0.233 e. The maximum Gasteiger partial charge on any atom is 0.233 e. The molecule has 7 nitrogen and oxygen atoms in total. The van der Waals surface area contributed by atoms with Gasteiger partial charge in [0.15, 0.2) is 0 Å². The number of hydrazone groups is 1. The molecular weight excluding hydrogens is 460 g/mol. The van der Waals surface area contributed by atoms with Crippen molar-refractivity contribution in [2.24, 2.45) is 11.0 Å². The van der Waals surface area contributed by atoms with Crippen molar-refractivity contribution in [2.75, 3.05) is 39.8 Å². The maximum atomic E-state index is 13.0. The van der Waals surface area contributed by atoms with Crippen LogP contribution >= 0.6 is 0 Å². The van der Waals surface area contributed by atoms with E-state index in [1.807, 2.05) is 17.0 Å². The maximum absolute atomic E-state index is 13.0. The van der Waals surface area contributed by atoms with E-state index in [4.69, 9.17) is 4.98 Å². The van der Waals surface area contributed by atoms with Crippen molar-refractivity contribution >= 4 is 23.3 Å². The summed E-state index contributed by atoms with van der Waals surface area (Å²) in [5.41, 5.74) is 8.08. The normalized spacial score (nSPS) is 20.2. The number of carbonyl (C=O) groups is 1. The first-order valence-corrected chi connectivity index (χ1v) is 13.3.